The topological polar surface area (TPSA) is 119 Å². The largest absolute Gasteiger partial charge is 0.348 e. The van der Waals surface area contributed by atoms with E-state index in [-0.39, 0.29) is 17.8 Å². The summed E-state index contributed by atoms with van der Waals surface area (Å²) in [5, 5.41) is 6.70. The molecule has 5 aromatic rings. The molecule has 10 nitrogen and oxygen atoms in total. The van der Waals surface area contributed by atoms with Crippen LogP contribution >= 0.6 is 11.3 Å². The first-order chi connectivity index (χ1) is 19.4. The van der Waals surface area contributed by atoms with Crippen LogP contribution in [-0.2, 0) is 6.42 Å². The minimum atomic E-state index is -0.418. The maximum absolute atomic E-state index is 13.6. The molecule has 2 aliphatic heterocycles. The zero-order valence-electron chi connectivity index (χ0n) is 21.6. The Morgan fingerprint density at radius 2 is 2.02 bits per heavy atom. The van der Waals surface area contributed by atoms with E-state index in [1.54, 1.807) is 12.1 Å². The molecule has 7 rings (SSSR count). The Labute approximate surface area is 232 Å². The van der Waals surface area contributed by atoms with E-state index in [1.807, 2.05) is 18.2 Å². The van der Waals surface area contributed by atoms with Crippen molar-refractivity contribution >= 4 is 61.7 Å². The Hall–Kier alpha value is -4.42. The molecule has 3 N–H and O–H groups in total. The quantitative estimate of drug-likeness (QED) is 0.286. The molecule has 40 heavy (non-hydrogen) atoms. The number of imidazole rings is 1. The Balaban J connectivity index is 1.21. The number of anilines is 3. The molecule has 0 aliphatic carbocycles. The van der Waals surface area contributed by atoms with Gasteiger partial charge in [0.1, 0.15) is 27.7 Å². The average Bonchev–Trinajstić information content (AvgIpc) is 3.51. The minimum Gasteiger partial charge on any atom is -0.348 e. The molecule has 3 amide bonds. The number of benzene rings is 2. The SMILES string of the molecule is CN1CCC(NC(=O)c2sc3ncnc4c3c2NC(=O)N4c2ccc3nc(Cc4cccc(F)c4)[nH]c3c2)CC1. The van der Waals surface area contributed by atoms with Gasteiger partial charge in [0, 0.05) is 12.5 Å². The Morgan fingerprint density at radius 1 is 1.18 bits per heavy atom. The van der Waals surface area contributed by atoms with Crippen molar-refractivity contribution in [2.75, 3.05) is 30.4 Å². The molecule has 1 fully saturated rings. The lowest BCUT2D eigenvalue weighted by atomic mass is 10.1. The summed E-state index contributed by atoms with van der Waals surface area (Å²) in [5.41, 5.74) is 3.29. The highest BCUT2D eigenvalue weighted by Crippen LogP contribution is 2.44. The zero-order chi connectivity index (χ0) is 27.4. The number of H-pyrrole nitrogens is 1. The fourth-order valence-electron chi connectivity index (χ4n) is 5.38. The van der Waals surface area contributed by atoms with Crippen LogP contribution in [0.2, 0.25) is 0 Å². The van der Waals surface area contributed by atoms with Crippen molar-refractivity contribution in [1.29, 1.82) is 0 Å². The molecule has 0 saturated carbocycles. The van der Waals surface area contributed by atoms with Gasteiger partial charge in [-0.15, -0.1) is 11.3 Å². The standard InChI is InChI=1S/C28H25FN8O2S/c1-36-9-7-17(8-10-36)32-26(38)24-23-22-25(30-14-31-27(22)40-24)37(28(39)35-23)18-5-6-19-20(13-18)34-21(33-19)12-15-3-2-4-16(29)11-15/h2-6,11,13-14,17H,7-10,12H2,1H3,(H,32,38)(H,33,34)(H,35,39). The number of likely N-dealkylation sites (tertiary alicyclic amines) is 1. The van der Waals surface area contributed by atoms with Crippen LogP contribution < -0.4 is 15.5 Å². The van der Waals surface area contributed by atoms with Gasteiger partial charge in [0.25, 0.3) is 5.91 Å². The molecule has 202 valence electrons. The number of carbonyl (C=O) groups is 2. The van der Waals surface area contributed by atoms with E-state index >= 15 is 0 Å². The number of nitrogens with one attached hydrogen (secondary N) is 3. The summed E-state index contributed by atoms with van der Waals surface area (Å²) in [6.07, 6.45) is 3.62. The molecule has 0 spiro atoms. The molecule has 1 saturated heterocycles. The lowest BCUT2D eigenvalue weighted by Gasteiger charge is -2.29. The fraction of sp³-hybridized carbons (Fsp3) is 0.250. The van der Waals surface area contributed by atoms with Gasteiger partial charge >= 0.3 is 6.03 Å². The molecular formula is C28H25FN8O2S. The summed E-state index contributed by atoms with van der Waals surface area (Å²) in [6.45, 7) is 1.86. The van der Waals surface area contributed by atoms with E-state index in [2.05, 4.69) is 42.5 Å². The summed E-state index contributed by atoms with van der Waals surface area (Å²) in [5.74, 6) is 0.596. The Kier molecular flexibility index (Phi) is 5.93. The van der Waals surface area contributed by atoms with Crippen LogP contribution in [0, 0.1) is 5.82 Å². The van der Waals surface area contributed by atoms with Gasteiger partial charge in [0.05, 0.1) is 27.8 Å². The highest BCUT2D eigenvalue weighted by molar-refractivity contribution is 7.21. The zero-order valence-corrected chi connectivity index (χ0v) is 22.4. The molecule has 2 aliphatic rings. The van der Waals surface area contributed by atoms with Crippen molar-refractivity contribution in [2.24, 2.45) is 0 Å². The maximum atomic E-state index is 13.6. The number of rotatable bonds is 5. The summed E-state index contributed by atoms with van der Waals surface area (Å²) in [4.78, 5) is 48.3. The van der Waals surface area contributed by atoms with Crippen LogP contribution in [-0.4, -0.2) is 63.0 Å². The van der Waals surface area contributed by atoms with Gasteiger partial charge in [0.15, 0.2) is 5.82 Å². The monoisotopic (exact) mass is 556 g/mol. The first kappa shape index (κ1) is 24.6. The average molecular weight is 557 g/mol. The van der Waals surface area contributed by atoms with E-state index in [1.165, 1.54) is 34.7 Å². The van der Waals surface area contributed by atoms with Crippen molar-refractivity contribution < 1.29 is 14.0 Å². The summed E-state index contributed by atoms with van der Waals surface area (Å²) < 4.78 is 13.6. The smallest absolute Gasteiger partial charge is 0.332 e. The first-order valence-corrected chi connectivity index (χ1v) is 13.9. The third-order valence-corrected chi connectivity index (χ3v) is 8.50. The normalized spacial score (nSPS) is 16.1. The maximum Gasteiger partial charge on any atom is 0.332 e. The second kappa shape index (κ2) is 9.65. The van der Waals surface area contributed by atoms with Gasteiger partial charge < -0.3 is 20.5 Å². The second-order valence-electron chi connectivity index (χ2n) is 10.2. The molecule has 0 unspecified atom stereocenters. The van der Waals surface area contributed by atoms with E-state index in [4.69, 9.17) is 0 Å². The Bertz CT molecular complexity index is 1790. The van der Waals surface area contributed by atoms with Gasteiger partial charge in [-0.2, -0.15) is 0 Å². The second-order valence-corrected chi connectivity index (χ2v) is 11.2. The van der Waals surface area contributed by atoms with Crippen LogP contribution in [0.15, 0.2) is 48.8 Å². The molecule has 0 atom stereocenters. The summed E-state index contributed by atoms with van der Waals surface area (Å²) in [7, 11) is 2.08. The van der Waals surface area contributed by atoms with Gasteiger partial charge in [0.2, 0.25) is 0 Å². The van der Waals surface area contributed by atoms with E-state index in [9.17, 15) is 14.0 Å². The highest BCUT2D eigenvalue weighted by atomic mass is 32.1. The minimum absolute atomic E-state index is 0.0920. The molecule has 5 heterocycles. The number of fused-ring (bicyclic) bond motifs is 1. The van der Waals surface area contributed by atoms with Gasteiger partial charge in [-0.05, 0) is 68.9 Å². The molecule has 12 heteroatoms. The van der Waals surface area contributed by atoms with Gasteiger partial charge in [-0.3, -0.25) is 4.79 Å². The van der Waals surface area contributed by atoms with Crippen LogP contribution in [0.5, 0.6) is 0 Å². The number of hydrogen-bond acceptors (Lipinski definition) is 7. The first-order valence-electron chi connectivity index (χ1n) is 13.0. The molecule has 2 aromatic carbocycles. The predicted molar refractivity (Wildman–Crippen MR) is 152 cm³/mol. The number of amides is 3. The number of carbonyl (C=O) groups excluding carboxylic acids is 2. The number of aromatic nitrogens is 4. The highest BCUT2D eigenvalue weighted by Gasteiger charge is 2.34. The number of aromatic amines is 1. The van der Waals surface area contributed by atoms with Crippen LogP contribution in [0.4, 0.5) is 26.4 Å². The Morgan fingerprint density at radius 3 is 2.85 bits per heavy atom. The number of thiophene rings is 1. The third-order valence-electron chi connectivity index (χ3n) is 7.41. The molecule has 0 bridgehead atoms. The summed E-state index contributed by atoms with van der Waals surface area (Å²) in [6, 6.07) is 11.5. The van der Waals surface area contributed by atoms with Crippen molar-refractivity contribution in [1.82, 2.24) is 30.2 Å². The lowest BCUT2D eigenvalue weighted by Crippen LogP contribution is -2.43. The number of nitrogens with zero attached hydrogens (tertiary/aromatic N) is 5. The fourth-order valence-corrected chi connectivity index (χ4v) is 6.38. The molecular weight excluding hydrogens is 531 g/mol. The van der Waals surface area contributed by atoms with E-state index < -0.39 is 6.03 Å². The van der Waals surface area contributed by atoms with Crippen molar-refractivity contribution in [2.45, 2.75) is 25.3 Å². The number of hydrogen-bond donors (Lipinski definition) is 3. The lowest BCUT2D eigenvalue weighted by molar-refractivity contribution is 0.0922. The van der Waals surface area contributed by atoms with Gasteiger partial charge in [-0.25, -0.2) is 29.0 Å². The molecule has 3 aromatic heterocycles. The molecule has 0 radical (unpaired) electrons. The van der Waals surface area contributed by atoms with E-state index in [0.29, 0.717) is 44.5 Å². The van der Waals surface area contributed by atoms with Crippen LogP contribution in [0.25, 0.3) is 21.3 Å². The predicted octanol–water partition coefficient (Wildman–Crippen LogP) is 4.81. The van der Waals surface area contributed by atoms with Crippen molar-refractivity contribution in [3.8, 4) is 0 Å². The number of halogens is 1. The third kappa shape index (κ3) is 4.34. The number of piperidine rings is 1. The van der Waals surface area contributed by atoms with Crippen LogP contribution in [0.1, 0.15) is 33.9 Å². The van der Waals surface area contributed by atoms with Crippen molar-refractivity contribution in [3.63, 3.8) is 0 Å². The van der Waals surface area contributed by atoms with Crippen LogP contribution in [0.3, 0.4) is 0 Å². The number of urea groups is 1. The van der Waals surface area contributed by atoms with Gasteiger partial charge in [-0.1, -0.05) is 12.1 Å². The van der Waals surface area contributed by atoms with E-state index in [0.717, 1.165) is 42.5 Å². The van der Waals surface area contributed by atoms with Crippen molar-refractivity contribution in [3.05, 3.63) is 70.9 Å². The summed E-state index contributed by atoms with van der Waals surface area (Å²) >= 11 is 1.25.